The summed E-state index contributed by atoms with van der Waals surface area (Å²) in [5.41, 5.74) is 7.79. The third kappa shape index (κ3) is 4.28. The van der Waals surface area contributed by atoms with Crippen molar-refractivity contribution in [2.24, 2.45) is 0 Å². The number of hydrogen-bond acceptors (Lipinski definition) is 6. The van der Waals surface area contributed by atoms with Crippen molar-refractivity contribution in [1.29, 1.82) is 0 Å². The normalized spacial score (nSPS) is 20.7. The molecule has 1 aromatic rings. The van der Waals surface area contributed by atoms with Crippen LogP contribution in [-0.4, -0.2) is 82.5 Å². The lowest BCUT2D eigenvalue weighted by molar-refractivity contribution is 0.0331. The second-order valence-electron chi connectivity index (χ2n) is 6.21. The zero-order valence-electron chi connectivity index (χ0n) is 14.0. The van der Waals surface area contributed by atoms with Gasteiger partial charge in [0.15, 0.2) is 0 Å². The summed E-state index contributed by atoms with van der Waals surface area (Å²) in [6.45, 7) is 10.5. The van der Waals surface area contributed by atoms with Crippen LogP contribution in [0.3, 0.4) is 0 Å². The number of nitrogens with two attached hydrogens (primary N) is 1. The molecule has 0 unspecified atom stereocenters. The zero-order chi connectivity index (χ0) is 16.1. The molecular weight excluding hydrogens is 292 g/mol. The lowest BCUT2D eigenvalue weighted by Gasteiger charge is -2.37. The molecule has 2 aliphatic rings. The van der Waals surface area contributed by atoms with Crippen molar-refractivity contribution in [2.75, 3.05) is 83.3 Å². The predicted molar refractivity (Wildman–Crippen MR) is 93.3 cm³/mol. The quantitative estimate of drug-likeness (QED) is 0.808. The average molecular weight is 320 g/mol. The van der Waals surface area contributed by atoms with Gasteiger partial charge in [-0.15, -0.1) is 0 Å². The van der Waals surface area contributed by atoms with Crippen LogP contribution in [0.1, 0.15) is 0 Å². The summed E-state index contributed by atoms with van der Waals surface area (Å²) in [6, 6.07) is 6.05. The number of ether oxygens (including phenoxy) is 2. The molecule has 0 atom stereocenters. The first kappa shape index (κ1) is 16.4. The van der Waals surface area contributed by atoms with E-state index in [9.17, 15) is 0 Å². The summed E-state index contributed by atoms with van der Waals surface area (Å²) in [5, 5.41) is 0. The molecule has 2 aliphatic heterocycles. The lowest BCUT2D eigenvalue weighted by atomic mass is 10.2. The van der Waals surface area contributed by atoms with Crippen LogP contribution in [-0.2, 0) is 4.74 Å². The molecule has 3 rings (SSSR count). The highest BCUT2D eigenvalue weighted by Gasteiger charge is 2.19. The number of methoxy groups -OCH3 is 1. The minimum Gasteiger partial charge on any atom is -0.495 e. The van der Waals surface area contributed by atoms with Crippen LogP contribution in [0.25, 0.3) is 0 Å². The van der Waals surface area contributed by atoms with Crippen molar-refractivity contribution in [1.82, 2.24) is 9.80 Å². The minimum atomic E-state index is 0.695. The van der Waals surface area contributed by atoms with E-state index in [4.69, 9.17) is 15.2 Å². The van der Waals surface area contributed by atoms with E-state index in [1.54, 1.807) is 7.11 Å². The number of rotatable bonds is 5. The second-order valence-corrected chi connectivity index (χ2v) is 6.21. The number of anilines is 2. The van der Waals surface area contributed by atoms with Gasteiger partial charge in [-0.05, 0) is 12.1 Å². The van der Waals surface area contributed by atoms with Gasteiger partial charge in [0.1, 0.15) is 5.75 Å². The third-order valence-corrected chi connectivity index (χ3v) is 4.79. The van der Waals surface area contributed by atoms with Gasteiger partial charge in [0.05, 0.1) is 26.0 Å². The molecule has 1 aromatic carbocycles. The van der Waals surface area contributed by atoms with Crippen molar-refractivity contribution >= 4 is 11.4 Å². The molecule has 0 aliphatic carbocycles. The van der Waals surface area contributed by atoms with E-state index in [1.807, 2.05) is 12.1 Å². The molecule has 2 fully saturated rings. The van der Waals surface area contributed by atoms with Gasteiger partial charge in [-0.2, -0.15) is 0 Å². The van der Waals surface area contributed by atoms with Gasteiger partial charge in [-0.25, -0.2) is 0 Å². The van der Waals surface area contributed by atoms with Crippen molar-refractivity contribution in [3.05, 3.63) is 18.2 Å². The molecule has 0 saturated carbocycles. The Morgan fingerprint density at radius 3 is 2.30 bits per heavy atom. The Kier molecular flexibility index (Phi) is 5.59. The Morgan fingerprint density at radius 2 is 1.65 bits per heavy atom. The van der Waals surface area contributed by atoms with Gasteiger partial charge < -0.3 is 20.1 Å². The van der Waals surface area contributed by atoms with Crippen molar-refractivity contribution in [3.63, 3.8) is 0 Å². The summed E-state index contributed by atoms with van der Waals surface area (Å²) in [5.74, 6) is 0.761. The Hall–Kier alpha value is -1.50. The van der Waals surface area contributed by atoms with E-state index >= 15 is 0 Å². The summed E-state index contributed by atoms with van der Waals surface area (Å²) >= 11 is 0. The van der Waals surface area contributed by atoms with E-state index in [1.165, 1.54) is 5.69 Å². The molecule has 0 radical (unpaired) electrons. The smallest absolute Gasteiger partial charge is 0.143 e. The Bertz CT molecular complexity index is 497. The largest absolute Gasteiger partial charge is 0.495 e. The molecular formula is C17H28N4O2. The molecule has 2 heterocycles. The summed E-state index contributed by atoms with van der Waals surface area (Å²) in [7, 11) is 1.67. The number of benzene rings is 1. The predicted octanol–water partition coefficient (Wildman–Crippen LogP) is 0.732. The minimum absolute atomic E-state index is 0.695. The van der Waals surface area contributed by atoms with Gasteiger partial charge in [0.2, 0.25) is 0 Å². The van der Waals surface area contributed by atoms with Gasteiger partial charge in [-0.1, -0.05) is 0 Å². The lowest BCUT2D eigenvalue weighted by Crippen LogP contribution is -2.49. The molecule has 23 heavy (non-hydrogen) atoms. The maximum Gasteiger partial charge on any atom is 0.143 e. The Balaban J connectivity index is 1.46. The molecule has 2 N–H and O–H groups in total. The summed E-state index contributed by atoms with van der Waals surface area (Å²) in [4.78, 5) is 7.47. The van der Waals surface area contributed by atoms with Crippen LogP contribution in [0.5, 0.6) is 5.75 Å². The fourth-order valence-corrected chi connectivity index (χ4v) is 3.23. The van der Waals surface area contributed by atoms with Crippen LogP contribution < -0.4 is 15.4 Å². The molecule has 2 saturated heterocycles. The fourth-order valence-electron chi connectivity index (χ4n) is 3.23. The van der Waals surface area contributed by atoms with Crippen LogP contribution in [0.15, 0.2) is 18.2 Å². The molecule has 128 valence electrons. The van der Waals surface area contributed by atoms with Crippen molar-refractivity contribution in [3.8, 4) is 5.75 Å². The molecule has 6 nitrogen and oxygen atoms in total. The average Bonchev–Trinajstić information content (AvgIpc) is 2.62. The van der Waals surface area contributed by atoms with E-state index in [-0.39, 0.29) is 0 Å². The number of piperazine rings is 1. The van der Waals surface area contributed by atoms with Gasteiger partial charge >= 0.3 is 0 Å². The first-order valence-electron chi connectivity index (χ1n) is 8.47. The van der Waals surface area contributed by atoms with Crippen LogP contribution in [0.2, 0.25) is 0 Å². The van der Waals surface area contributed by atoms with Crippen molar-refractivity contribution < 1.29 is 9.47 Å². The first-order valence-corrected chi connectivity index (χ1v) is 8.47. The Labute approximate surface area is 138 Å². The van der Waals surface area contributed by atoms with Crippen LogP contribution in [0, 0.1) is 0 Å². The molecule has 0 spiro atoms. The summed E-state index contributed by atoms with van der Waals surface area (Å²) in [6.07, 6.45) is 0. The van der Waals surface area contributed by atoms with Gasteiger partial charge in [0, 0.05) is 64.1 Å². The highest BCUT2D eigenvalue weighted by Crippen LogP contribution is 2.27. The number of morpholine rings is 1. The SMILES string of the molecule is COc1cc(N2CCN(CCN3CCOCC3)CC2)ccc1N. The zero-order valence-corrected chi connectivity index (χ0v) is 14.0. The van der Waals surface area contributed by atoms with Gasteiger partial charge in [-0.3, -0.25) is 9.80 Å². The highest BCUT2D eigenvalue weighted by atomic mass is 16.5. The van der Waals surface area contributed by atoms with E-state index in [2.05, 4.69) is 20.8 Å². The molecule has 0 amide bonds. The standard InChI is InChI=1S/C17H28N4O2/c1-22-17-14-15(2-3-16(17)18)21-8-6-19(7-9-21)4-5-20-10-12-23-13-11-20/h2-3,14H,4-13,18H2,1H3. The maximum atomic E-state index is 5.90. The third-order valence-electron chi connectivity index (χ3n) is 4.79. The van der Waals surface area contributed by atoms with Crippen LogP contribution in [0.4, 0.5) is 11.4 Å². The fraction of sp³-hybridized carbons (Fsp3) is 0.647. The molecule has 0 bridgehead atoms. The van der Waals surface area contributed by atoms with Gasteiger partial charge in [0.25, 0.3) is 0 Å². The first-order chi connectivity index (χ1) is 11.3. The number of nitrogens with zero attached hydrogens (tertiary/aromatic N) is 3. The van der Waals surface area contributed by atoms with E-state index in [0.717, 1.165) is 71.3 Å². The Morgan fingerprint density at radius 1 is 1.00 bits per heavy atom. The number of nitrogen functional groups attached to an aromatic ring is 1. The van der Waals surface area contributed by atoms with E-state index in [0.29, 0.717) is 5.69 Å². The monoisotopic (exact) mass is 320 g/mol. The highest BCUT2D eigenvalue weighted by molar-refractivity contribution is 5.62. The van der Waals surface area contributed by atoms with Crippen molar-refractivity contribution in [2.45, 2.75) is 0 Å². The van der Waals surface area contributed by atoms with E-state index < -0.39 is 0 Å². The van der Waals surface area contributed by atoms with Crippen LogP contribution >= 0.6 is 0 Å². The molecule has 6 heteroatoms. The topological polar surface area (TPSA) is 54.2 Å². The summed E-state index contributed by atoms with van der Waals surface area (Å²) < 4.78 is 10.7. The molecule has 0 aromatic heterocycles. The number of hydrogen-bond donors (Lipinski definition) is 1. The maximum absolute atomic E-state index is 5.90. The second kappa shape index (κ2) is 7.86.